The topological polar surface area (TPSA) is 18.5 Å². The highest BCUT2D eigenvalue weighted by Crippen LogP contribution is 2.24. The fraction of sp³-hybridized carbons (Fsp3) is 1.00. The van der Waals surface area contributed by atoms with E-state index in [2.05, 4.69) is 35.9 Å². The van der Waals surface area contributed by atoms with Crippen LogP contribution in [0.2, 0.25) is 0 Å². The minimum atomic E-state index is 0.333. The van der Waals surface area contributed by atoms with Crippen LogP contribution in [0.1, 0.15) is 46.5 Å². The van der Waals surface area contributed by atoms with Gasteiger partial charge in [-0.15, -0.1) is 0 Å². The third-order valence-corrected chi connectivity index (χ3v) is 4.99. The number of piperazine rings is 1. The van der Waals surface area contributed by atoms with Gasteiger partial charge in [-0.05, 0) is 45.7 Å². The smallest absolute Gasteiger partial charge is 0.0281 e. The second kappa shape index (κ2) is 7.05. The third kappa shape index (κ3) is 4.44. The maximum atomic E-state index is 3.46. The molecule has 0 aliphatic carbocycles. The highest BCUT2D eigenvalue weighted by molar-refractivity contribution is 4.88. The van der Waals surface area contributed by atoms with Gasteiger partial charge in [-0.25, -0.2) is 0 Å². The summed E-state index contributed by atoms with van der Waals surface area (Å²) in [6, 6.07) is 0. The summed E-state index contributed by atoms with van der Waals surface area (Å²) in [6.07, 6.45) is 5.64. The second-order valence-corrected chi connectivity index (χ2v) is 7.06. The van der Waals surface area contributed by atoms with Crippen LogP contribution in [-0.4, -0.2) is 61.2 Å². The molecule has 2 saturated heterocycles. The van der Waals surface area contributed by atoms with Crippen molar-refractivity contribution in [2.45, 2.75) is 52.0 Å². The van der Waals surface area contributed by atoms with Crippen LogP contribution >= 0.6 is 0 Å². The summed E-state index contributed by atoms with van der Waals surface area (Å²) in [7, 11) is 0. The lowest BCUT2D eigenvalue weighted by molar-refractivity contribution is 0.0493. The molecule has 2 rings (SSSR count). The van der Waals surface area contributed by atoms with Crippen LogP contribution in [0.15, 0.2) is 0 Å². The molecular formula is C16H33N3. The van der Waals surface area contributed by atoms with E-state index in [-0.39, 0.29) is 0 Å². The van der Waals surface area contributed by atoms with Gasteiger partial charge in [-0.2, -0.15) is 0 Å². The molecule has 2 heterocycles. The molecule has 19 heavy (non-hydrogen) atoms. The summed E-state index contributed by atoms with van der Waals surface area (Å²) in [5, 5.41) is 3.46. The van der Waals surface area contributed by atoms with Crippen LogP contribution in [0.25, 0.3) is 0 Å². The molecule has 0 amide bonds. The quantitative estimate of drug-likeness (QED) is 0.824. The lowest BCUT2D eigenvalue weighted by atomic mass is 9.91. The highest BCUT2D eigenvalue weighted by Gasteiger charge is 2.31. The molecular weight excluding hydrogens is 234 g/mol. The molecule has 2 aliphatic rings. The van der Waals surface area contributed by atoms with Crippen molar-refractivity contribution in [3.8, 4) is 0 Å². The lowest BCUT2D eigenvalue weighted by Crippen LogP contribution is -2.58. The Morgan fingerprint density at radius 3 is 2.26 bits per heavy atom. The van der Waals surface area contributed by atoms with Crippen LogP contribution in [0.4, 0.5) is 0 Å². The zero-order valence-electron chi connectivity index (χ0n) is 13.2. The Bertz CT molecular complexity index is 251. The normalized spacial score (nSPS) is 24.8. The minimum Gasteiger partial charge on any atom is -0.314 e. The first-order valence-electron chi connectivity index (χ1n) is 8.30. The molecule has 0 saturated carbocycles. The predicted molar refractivity (Wildman–Crippen MR) is 82.6 cm³/mol. The number of piperidine rings is 1. The van der Waals surface area contributed by atoms with Gasteiger partial charge in [-0.1, -0.05) is 19.8 Å². The van der Waals surface area contributed by atoms with E-state index in [0.717, 1.165) is 19.0 Å². The van der Waals surface area contributed by atoms with Gasteiger partial charge in [0, 0.05) is 38.3 Å². The molecule has 0 aromatic rings. The molecule has 0 aromatic carbocycles. The van der Waals surface area contributed by atoms with Gasteiger partial charge in [0.15, 0.2) is 0 Å². The molecule has 3 heteroatoms. The molecule has 0 spiro atoms. The molecule has 0 bridgehead atoms. The second-order valence-electron chi connectivity index (χ2n) is 7.06. The Morgan fingerprint density at radius 1 is 1.05 bits per heavy atom. The largest absolute Gasteiger partial charge is 0.314 e. The first kappa shape index (κ1) is 15.3. The molecule has 0 aromatic heterocycles. The molecule has 0 unspecified atom stereocenters. The first-order valence-corrected chi connectivity index (χ1v) is 8.30. The van der Waals surface area contributed by atoms with Crippen LogP contribution < -0.4 is 5.32 Å². The van der Waals surface area contributed by atoms with E-state index in [0.29, 0.717) is 5.54 Å². The summed E-state index contributed by atoms with van der Waals surface area (Å²) in [5.74, 6) is 1.00. The summed E-state index contributed by atoms with van der Waals surface area (Å²) in [6.45, 7) is 15.8. The highest BCUT2D eigenvalue weighted by atomic mass is 15.3. The fourth-order valence-corrected chi connectivity index (χ4v) is 3.76. The molecule has 3 nitrogen and oxygen atoms in total. The van der Waals surface area contributed by atoms with Gasteiger partial charge in [0.25, 0.3) is 0 Å². The third-order valence-electron chi connectivity index (χ3n) is 4.99. The average molecular weight is 267 g/mol. The number of rotatable bonds is 5. The van der Waals surface area contributed by atoms with Gasteiger partial charge < -0.3 is 10.2 Å². The van der Waals surface area contributed by atoms with Crippen molar-refractivity contribution in [1.82, 2.24) is 15.1 Å². The Kier molecular flexibility index (Phi) is 5.67. The minimum absolute atomic E-state index is 0.333. The van der Waals surface area contributed by atoms with Gasteiger partial charge >= 0.3 is 0 Å². The van der Waals surface area contributed by atoms with Crippen molar-refractivity contribution < 1.29 is 0 Å². The number of nitrogens with zero attached hydrogens (tertiary/aromatic N) is 2. The molecule has 2 aliphatic heterocycles. The van der Waals surface area contributed by atoms with Gasteiger partial charge in [0.05, 0.1) is 0 Å². The van der Waals surface area contributed by atoms with E-state index in [1.54, 1.807) is 0 Å². The number of hydrogen-bond donors (Lipinski definition) is 1. The zero-order chi connectivity index (χ0) is 13.7. The monoisotopic (exact) mass is 267 g/mol. The van der Waals surface area contributed by atoms with Crippen molar-refractivity contribution in [3.05, 3.63) is 0 Å². The summed E-state index contributed by atoms with van der Waals surface area (Å²) in [5.41, 5.74) is 0.333. The predicted octanol–water partition coefficient (Wildman–Crippen LogP) is 2.18. The van der Waals surface area contributed by atoms with Crippen LogP contribution in [0.3, 0.4) is 0 Å². The van der Waals surface area contributed by atoms with E-state index in [1.165, 1.54) is 58.4 Å². The molecule has 0 radical (unpaired) electrons. The van der Waals surface area contributed by atoms with Crippen molar-refractivity contribution >= 4 is 0 Å². The van der Waals surface area contributed by atoms with Crippen LogP contribution in [0, 0.1) is 5.92 Å². The zero-order valence-corrected chi connectivity index (χ0v) is 13.2. The van der Waals surface area contributed by atoms with Crippen molar-refractivity contribution in [3.63, 3.8) is 0 Å². The maximum Gasteiger partial charge on any atom is 0.0281 e. The lowest BCUT2D eigenvalue weighted by Gasteiger charge is -2.45. The molecule has 112 valence electrons. The number of nitrogens with one attached hydrogen (secondary N) is 1. The van der Waals surface area contributed by atoms with E-state index in [9.17, 15) is 0 Å². The van der Waals surface area contributed by atoms with Crippen LogP contribution in [-0.2, 0) is 0 Å². The van der Waals surface area contributed by atoms with E-state index >= 15 is 0 Å². The fourth-order valence-electron chi connectivity index (χ4n) is 3.76. The van der Waals surface area contributed by atoms with Crippen molar-refractivity contribution in [2.75, 3.05) is 45.8 Å². The summed E-state index contributed by atoms with van der Waals surface area (Å²) in [4.78, 5) is 5.37. The Labute approximate surface area is 119 Å². The van der Waals surface area contributed by atoms with Crippen molar-refractivity contribution in [1.29, 1.82) is 0 Å². The van der Waals surface area contributed by atoms with Gasteiger partial charge in [-0.3, -0.25) is 4.90 Å². The maximum absolute atomic E-state index is 3.46. The summed E-state index contributed by atoms with van der Waals surface area (Å²) >= 11 is 0. The number of likely N-dealkylation sites (tertiary alicyclic amines) is 1. The van der Waals surface area contributed by atoms with E-state index < -0.39 is 0 Å². The molecule has 0 atom stereocenters. The van der Waals surface area contributed by atoms with Crippen molar-refractivity contribution in [2.24, 2.45) is 5.92 Å². The molecule has 2 fully saturated rings. The van der Waals surface area contributed by atoms with Gasteiger partial charge in [0.2, 0.25) is 0 Å². The van der Waals surface area contributed by atoms with Gasteiger partial charge in [0.1, 0.15) is 0 Å². The number of hydrogen-bond acceptors (Lipinski definition) is 3. The Balaban J connectivity index is 1.77. The first-order chi connectivity index (χ1) is 9.12. The Morgan fingerprint density at radius 2 is 1.68 bits per heavy atom. The standard InChI is InChI=1S/C16H33N3/c1-4-5-15-6-10-18(11-7-15)14-16(2,3)19-12-8-17-9-13-19/h15,17H,4-14H2,1-3H3. The summed E-state index contributed by atoms with van der Waals surface area (Å²) < 4.78 is 0. The van der Waals surface area contributed by atoms with Crippen LogP contribution in [0.5, 0.6) is 0 Å². The van der Waals surface area contributed by atoms with E-state index in [4.69, 9.17) is 0 Å². The Hall–Kier alpha value is -0.120. The average Bonchev–Trinajstić information content (AvgIpc) is 2.42. The SMILES string of the molecule is CCCC1CCN(CC(C)(C)N2CCNCC2)CC1. The molecule has 1 N–H and O–H groups in total. The van der Waals surface area contributed by atoms with E-state index in [1.807, 2.05) is 0 Å².